The molecule has 0 amide bonds. The van der Waals surface area contributed by atoms with Crippen molar-refractivity contribution in [3.05, 3.63) is 57.5 Å². The topological polar surface area (TPSA) is 107 Å². The number of carbonyl (C=O) groups excluding carboxylic acids is 1. The number of carbonyl (C=O) groups is 1. The maximum atomic E-state index is 13.0. The first-order chi connectivity index (χ1) is 13.0. The van der Waals surface area contributed by atoms with E-state index in [-0.39, 0.29) is 39.0 Å². The van der Waals surface area contributed by atoms with E-state index in [0.29, 0.717) is 5.69 Å². The predicted molar refractivity (Wildman–Crippen MR) is 104 cm³/mol. The van der Waals surface area contributed by atoms with Gasteiger partial charge in [-0.3, -0.25) is 9.48 Å². The first-order valence-corrected chi connectivity index (χ1v) is 10.6. The third kappa shape index (κ3) is 3.55. The quantitative estimate of drug-likeness (QED) is 0.632. The predicted octanol–water partition coefficient (Wildman–Crippen LogP) is 2.28. The molecule has 0 spiro atoms. The first kappa shape index (κ1) is 20.1. The van der Waals surface area contributed by atoms with Crippen LogP contribution in [0.3, 0.4) is 0 Å². The van der Waals surface area contributed by atoms with Gasteiger partial charge >= 0.3 is 0 Å². The second kappa shape index (κ2) is 7.06. The van der Waals surface area contributed by atoms with Crippen LogP contribution in [0.25, 0.3) is 0 Å². The number of aromatic hydroxyl groups is 1. The van der Waals surface area contributed by atoms with Gasteiger partial charge in [0.05, 0.1) is 28.4 Å². The summed E-state index contributed by atoms with van der Waals surface area (Å²) < 4.78 is 27.2. The lowest BCUT2D eigenvalue weighted by Gasteiger charge is -2.14. The van der Waals surface area contributed by atoms with Gasteiger partial charge in [0.2, 0.25) is 11.7 Å². The molecule has 3 aromatic rings. The molecule has 0 fully saturated rings. The maximum Gasteiger partial charge on any atom is 0.220 e. The van der Waals surface area contributed by atoms with Crippen LogP contribution in [0.1, 0.15) is 32.7 Å². The molecule has 0 unspecified atom stereocenters. The molecule has 28 heavy (non-hydrogen) atoms. The molecular formula is C18H19ClN4O4S. The summed E-state index contributed by atoms with van der Waals surface area (Å²) in [5.41, 5.74) is 1.62. The highest BCUT2D eigenvalue weighted by Gasteiger charge is 2.27. The molecule has 0 aliphatic rings. The monoisotopic (exact) mass is 422 g/mol. The lowest BCUT2D eigenvalue weighted by Crippen LogP contribution is -2.12. The Bertz CT molecular complexity index is 1190. The summed E-state index contributed by atoms with van der Waals surface area (Å²) in [6, 6.07) is 2.70. The van der Waals surface area contributed by atoms with Gasteiger partial charge in [0.1, 0.15) is 5.56 Å². The fraction of sp³-hybridized carbons (Fsp3) is 0.278. The van der Waals surface area contributed by atoms with Crippen LogP contribution < -0.4 is 0 Å². The van der Waals surface area contributed by atoms with Crippen molar-refractivity contribution in [2.75, 3.05) is 6.26 Å². The van der Waals surface area contributed by atoms with Crippen molar-refractivity contribution >= 4 is 27.2 Å². The molecule has 8 nitrogen and oxygen atoms in total. The summed E-state index contributed by atoms with van der Waals surface area (Å²) in [4.78, 5) is 13.0. The van der Waals surface area contributed by atoms with Crippen molar-refractivity contribution in [1.29, 1.82) is 0 Å². The lowest BCUT2D eigenvalue weighted by atomic mass is 10.0. The zero-order valence-corrected chi connectivity index (χ0v) is 17.3. The molecule has 0 aliphatic heterocycles. The summed E-state index contributed by atoms with van der Waals surface area (Å²) in [6.45, 7) is 3.53. The Labute approximate surface area is 167 Å². The Hall–Kier alpha value is -2.65. The number of hydrogen-bond acceptors (Lipinski definition) is 6. The summed E-state index contributed by atoms with van der Waals surface area (Å²) >= 11 is 6.50. The largest absolute Gasteiger partial charge is 0.493 e. The number of hydrogen-bond donors (Lipinski definition) is 1. The molecule has 2 heterocycles. The Balaban J connectivity index is 2.18. The minimum Gasteiger partial charge on any atom is -0.493 e. The van der Waals surface area contributed by atoms with Gasteiger partial charge in [0.15, 0.2) is 9.84 Å². The van der Waals surface area contributed by atoms with E-state index in [0.717, 1.165) is 11.8 Å². The van der Waals surface area contributed by atoms with Crippen molar-refractivity contribution in [1.82, 2.24) is 19.6 Å². The van der Waals surface area contributed by atoms with E-state index in [1.165, 1.54) is 23.9 Å². The van der Waals surface area contributed by atoms with Gasteiger partial charge in [-0.25, -0.2) is 13.1 Å². The second-order valence-electron chi connectivity index (χ2n) is 6.63. The van der Waals surface area contributed by atoms with Gasteiger partial charge in [0, 0.05) is 30.6 Å². The molecule has 0 saturated carbocycles. The highest BCUT2D eigenvalue weighted by atomic mass is 35.5. The van der Waals surface area contributed by atoms with Crippen LogP contribution in [0, 0.1) is 13.8 Å². The van der Waals surface area contributed by atoms with Crippen molar-refractivity contribution < 1.29 is 18.3 Å². The molecule has 0 radical (unpaired) electrons. The van der Waals surface area contributed by atoms with Gasteiger partial charge in [-0.1, -0.05) is 11.6 Å². The smallest absolute Gasteiger partial charge is 0.220 e. The van der Waals surface area contributed by atoms with Crippen LogP contribution >= 0.6 is 11.6 Å². The SMILES string of the molecule is Cc1cnn(Cc2c(S(C)(=O)=O)ccc(C(=O)c3c(C)nn(C)c3O)c2Cl)c1. The van der Waals surface area contributed by atoms with E-state index < -0.39 is 15.6 Å². The Morgan fingerprint density at radius 2 is 1.96 bits per heavy atom. The van der Waals surface area contributed by atoms with Gasteiger partial charge in [0.25, 0.3) is 0 Å². The van der Waals surface area contributed by atoms with Crippen molar-refractivity contribution in [2.45, 2.75) is 25.3 Å². The molecule has 1 aromatic carbocycles. The number of rotatable bonds is 5. The molecule has 1 N–H and O–H groups in total. The third-order valence-corrected chi connectivity index (χ3v) is 5.96. The number of nitrogens with zero attached hydrogens (tertiary/aromatic N) is 4. The molecule has 0 bridgehead atoms. The van der Waals surface area contributed by atoms with Gasteiger partial charge < -0.3 is 5.11 Å². The fourth-order valence-corrected chi connectivity index (χ4v) is 4.33. The van der Waals surface area contributed by atoms with Crippen molar-refractivity contribution in [2.24, 2.45) is 7.05 Å². The maximum absolute atomic E-state index is 13.0. The molecule has 0 saturated heterocycles. The van der Waals surface area contributed by atoms with Crippen LogP contribution in [0.4, 0.5) is 0 Å². The number of ketones is 1. The van der Waals surface area contributed by atoms with Gasteiger partial charge in [-0.05, 0) is 31.5 Å². The summed E-state index contributed by atoms with van der Waals surface area (Å²) in [6.07, 6.45) is 4.46. The molecule has 3 rings (SSSR count). The van der Waals surface area contributed by atoms with Crippen LogP contribution in [0.15, 0.2) is 29.4 Å². The molecule has 148 valence electrons. The highest BCUT2D eigenvalue weighted by Crippen LogP contribution is 2.32. The van der Waals surface area contributed by atoms with E-state index in [1.807, 2.05) is 6.92 Å². The van der Waals surface area contributed by atoms with Gasteiger partial charge in [-0.15, -0.1) is 0 Å². The number of aromatic nitrogens is 4. The fourth-order valence-electron chi connectivity index (χ4n) is 3.04. The Kier molecular flexibility index (Phi) is 5.07. The van der Waals surface area contributed by atoms with E-state index in [2.05, 4.69) is 10.2 Å². The molecule has 10 heteroatoms. The van der Waals surface area contributed by atoms with Crippen LogP contribution in [-0.2, 0) is 23.4 Å². The normalized spacial score (nSPS) is 11.8. The summed E-state index contributed by atoms with van der Waals surface area (Å²) in [5.74, 6) is -0.818. The van der Waals surface area contributed by atoms with E-state index >= 15 is 0 Å². The standard InChI is InChI=1S/C18H19ClN4O4S/c1-10-7-20-23(8-10)9-13-14(28(4,26)27)6-5-12(16(13)19)17(24)15-11(2)21-22(3)18(15)25/h5-8,25H,9H2,1-4H3. The lowest BCUT2D eigenvalue weighted by molar-refractivity contribution is 0.103. The summed E-state index contributed by atoms with van der Waals surface area (Å²) in [7, 11) is -2.08. The van der Waals surface area contributed by atoms with Crippen LogP contribution in [-0.4, -0.2) is 45.1 Å². The Morgan fingerprint density at radius 3 is 2.46 bits per heavy atom. The molecule has 0 aliphatic carbocycles. The number of halogens is 1. The first-order valence-electron chi connectivity index (χ1n) is 8.28. The average molecular weight is 423 g/mol. The molecule has 2 aromatic heterocycles. The molecule has 0 atom stereocenters. The third-order valence-electron chi connectivity index (χ3n) is 4.35. The van der Waals surface area contributed by atoms with E-state index in [1.54, 1.807) is 24.0 Å². The minimum absolute atomic E-state index is 0.00345. The van der Waals surface area contributed by atoms with Crippen molar-refractivity contribution in [3.63, 3.8) is 0 Å². The number of sulfone groups is 1. The Morgan fingerprint density at radius 1 is 1.29 bits per heavy atom. The van der Waals surface area contributed by atoms with E-state index in [9.17, 15) is 18.3 Å². The average Bonchev–Trinajstić information content (AvgIpc) is 3.10. The van der Waals surface area contributed by atoms with Gasteiger partial charge in [-0.2, -0.15) is 10.2 Å². The zero-order chi connectivity index (χ0) is 20.8. The molecular weight excluding hydrogens is 404 g/mol. The minimum atomic E-state index is -3.59. The summed E-state index contributed by atoms with van der Waals surface area (Å²) in [5, 5.41) is 18.4. The van der Waals surface area contributed by atoms with E-state index in [4.69, 9.17) is 11.6 Å². The zero-order valence-electron chi connectivity index (χ0n) is 15.8. The van der Waals surface area contributed by atoms with Crippen LogP contribution in [0.2, 0.25) is 5.02 Å². The highest BCUT2D eigenvalue weighted by molar-refractivity contribution is 7.90. The second-order valence-corrected chi connectivity index (χ2v) is 8.99. The van der Waals surface area contributed by atoms with Crippen molar-refractivity contribution in [3.8, 4) is 5.88 Å². The number of benzene rings is 1. The number of aryl methyl sites for hydroxylation is 3. The van der Waals surface area contributed by atoms with Crippen LogP contribution in [0.5, 0.6) is 5.88 Å².